The van der Waals surface area contributed by atoms with Crippen molar-refractivity contribution in [3.8, 4) is 0 Å². The van der Waals surface area contributed by atoms with Gasteiger partial charge < -0.3 is 10.6 Å². The molecule has 3 nitrogen and oxygen atoms in total. The van der Waals surface area contributed by atoms with Crippen LogP contribution in [0.5, 0.6) is 0 Å². The van der Waals surface area contributed by atoms with Gasteiger partial charge in [0.05, 0.1) is 11.6 Å². The number of halogens is 1. The Labute approximate surface area is 106 Å². The molecule has 0 spiro atoms. The number of fused-ring (bicyclic) bond motifs is 2. The molecule has 0 radical (unpaired) electrons. The second-order valence-electron chi connectivity index (χ2n) is 5.15. The van der Waals surface area contributed by atoms with Crippen molar-refractivity contribution in [2.75, 3.05) is 10.6 Å². The molecule has 0 aromatic heterocycles. The Morgan fingerprint density at radius 3 is 2.89 bits per heavy atom. The summed E-state index contributed by atoms with van der Waals surface area (Å²) in [6.45, 7) is 0. The molecule has 1 aliphatic heterocycles. The van der Waals surface area contributed by atoms with E-state index in [2.05, 4.69) is 10.6 Å². The summed E-state index contributed by atoms with van der Waals surface area (Å²) >= 11 is 0. The quantitative estimate of drug-likeness (QED) is 0.740. The van der Waals surface area contributed by atoms with Crippen molar-refractivity contribution in [1.29, 1.82) is 0 Å². The van der Waals surface area contributed by atoms with E-state index in [0.29, 0.717) is 11.4 Å². The van der Waals surface area contributed by atoms with Crippen LogP contribution in [0, 0.1) is 11.7 Å². The number of hydrogen-bond donors (Lipinski definition) is 2. The van der Waals surface area contributed by atoms with Crippen LogP contribution in [0.25, 0.3) is 0 Å². The van der Waals surface area contributed by atoms with Gasteiger partial charge in [0.2, 0.25) is 5.91 Å². The molecule has 3 rings (SSSR count). The van der Waals surface area contributed by atoms with Gasteiger partial charge in [0, 0.05) is 6.04 Å². The van der Waals surface area contributed by atoms with Crippen LogP contribution in [0.2, 0.25) is 0 Å². The van der Waals surface area contributed by atoms with Crippen molar-refractivity contribution in [1.82, 2.24) is 0 Å². The Bertz CT molecular complexity index is 475. The Morgan fingerprint density at radius 1 is 1.17 bits per heavy atom. The van der Waals surface area contributed by atoms with E-state index in [4.69, 9.17) is 0 Å². The van der Waals surface area contributed by atoms with Gasteiger partial charge >= 0.3 is 0 Å². The number of rotatable bonds is 0. The fraction of sp³-hybridized carbons (Fsp3) is 0.500. The third kappa shape index (κ3) is 1.96. The molecular formula is C14H17FN2O. The summed E-state index contributed by atoms with van der Waals surface area (Å²) < 4.78 is 13.7. The first-order valence-corrected chi connectivity index (χ1v) is 6.61. The van der Waals surface area contributed by atoms with E-state index in [1.165, 1.54) is 12.5 Å². The second kappa shape index (κ2) is 4.59. The molecule has 2 N–H and O–H groups in total. The highest BCUT2D eigenvalue weighted by atomic mass is 19.1. The number of hydrogen-bond acceptors (Lipinski definition) is 2. The van der Waals surface area contributed by atoms with Crippen molar-refractivity contribution in [2.45, 2.75) is 38.1 Å². The van der Waals surface area contributed by atoms with Crippen LogP contribution in [0.3, 0.4) is 0 Å². The predicted octanol–water partition coefficient (Wildman–Crippen LogP) is 3.14. The molecular weight excluding hydrogens is 231 g/mol. The number of anilines is 2. The Hall–Kier alpha value is -1.58. The van der Waals surface area contributed by atoms with Crippen molar-refractivity contribution >= 4 is 17.3 Å². The third-order valence-corrected chi connectivity index (χ3v) is 3.96. The first-order valence-electron chi connectivity index (χ1n) is 6.61. The van der Waals surface area contributed by atoms with Crippen LogP contribution in [-0.2, 0) is 4.79 Å². The highest BCUT2D eigenvalue weighted by Crippen LogP contribution is 2.34. The molecule has 2 atom stereocenters. The Morgan fingerprint density at radius 2 is 2.00 bits per heavy atom. The van der Waals surface area contributed by atoms with Gasteiger partial charge in [-0.3, -0.25) is 4.79 Å². The summed E-state index contributed by atoms with van der Waals surface area (Å²) in [6.07, 6.45) is 5.26. The lowest BCUT2D eigenvalue weighted by Crippen LogP contribution is -2.34. The van der Waals surface area contributed by atoms with Crippen LogP contribution in [0.1, 0.15) is 32.1 Å². The zero-order valence-electron chi connectivity index (χ0n) is 10.2. The van der Waals surface area contributed by atoms with Crippen LogP contribution in [-0.4, -0.2) is 11.9 Å². The molecule has 18 heavy (non-hydrogen) atoms. The van der Waals surface area contributed by atoms with Gasteiger partial charge in [0.25, 0.3) is 0 Å². The van der Waals surface area contributed by atoms with E-state index in [0.717, 1.165) is 25.7 Å². The van der Waals surface area contributed by atoms with Crippen LogP contribution in [0.4, 0.5) is 15.8 Å². The zero-order valence-corrected chi connectivity index (χ0v) is 10.2. The third-order valence-electron chi connectivity index (χ3n) is 3.96. The van der Waals surface area contributed by atoms with E-state index in [1.807, 2.05) is 6.07 Å². The van der Waals surface area contributed by atoms with E-state index < -0.39 is 0 Å². The molecule has 0 bridgehead atoms. The summed E-state index contributed by atoms with van der Waals surface area (Å²) in [5, 5.41) is 6.09. The molecule has 2 unspecified atom stereocenters. The predicted molar refractivity (Wildman–Crippen MR) is 69.0 cm³/mol. The summed E-state index contributed by atoms with van der Waals surface area (Å²) in [4.78, 5) is 12.2. The van der Waals surface area contributed by atoms with Crippen molar-refractivity contribution < 1.29 is 9.18 Å². The van der Waals surface area contributed by atoms with E-state index >= 15 is 0 Å². The van der Waals surface area contributed by atoms with Gasteiger partial charge in [-0.25, -0.2) is 4.39 Å². The maximum Gasteiger partial charge on any atom is 0.229 e. The molecule has 4 heteroatoms. The number of nitrogens with one attached hydrogen (secondary N) is 2. The lowest BCUT2D eigenvalue weighted by molar-refractivity contribution is -0.120. The van der Waals surface area contributed by atoms with Gasteiger partial charge in [0.15, 0.2) is 0 Å². The highest BCUT2D eigenvalue weighted by molar-refractivity contribution is 5.98. The minimum absolute atomic E-state index is 0.0423. The van der Waals surface area contributed by atoms with Gasteiger partial charge in [0.1, 0.15) is 11.5 Å². The molecule has 0 saturated heterocycles. The molecule has 1 aliphatic carbocycles. The standard InChI is InChI=1S/C14H17FN2O/c15-10-6-4-8-12-13(10)17-14(18)9-5-2-1-3-7-11(9)16-12/h4,6,8-9,11,16H,1-3,5,7H2,(H,17,18). The molecule has 1 saturated carbocycles. The van der Waals surface area contributed by atoms with Gasteiger partial charge in [-0.05, 0) is 25.0 Å². The van der Waals surface area contributed by atoms with E-state index in [1.54, 1.807) is 6.07 Å². The summed E-state index contributed by atoms with van der Waals surface area (Å²) in [5.74, 6) is -0.456. The normalized spacial score (nSPS) is 27.1. The fourth-order valence-electron chi connectivity index (χ4n) is 2.98. The monoisotopic (exact) mass is 248 g/mol. The molecule has 1 aromatic rings. The Balaban J connectivity index is 1.98. The van der Waals surface area contributed by atoms with Gasteiger partial charge in [-0.1, -0.05) is 25.3 Å². The molecule has 2 aliphatic rings. The first-order chi connectivity index (χ1) is 8.75. The molecule has 1 fully saturated rings. The average molecular weight is 248 g/mol. The Kier molecular flexibility index (Phi) is 2.94. The van der Waals surface area contributed by atoms with Gasteiger partial charge in [-0.2, -0.15) is 0 Å². The lowest BCUT2D eigenvalue weighted by Gasteiger charge is -2.22. The van der Waals surface area contributed by atoms with Gasteiger partial charge in [-0.15, -0.1) is 0 Å². The van der Waals surface area contributed by atoms with Crippen molar-refractivity contribution in [3.05, 3.63) is 24.0 Å². The molecule has 1 heterocycles. The number of para-hydroxylation sites is 1. The molecule has 1 aromatic carbocycles. The number of carbonyl (C=O) groups is 1. The summed E-state index contributed by atoms with van der Waals surface area (Å²) in [7, 11) is 0. The number of amides is 1. The summed E-state index contributed by atoms with van der Waals surface area (Å²) in [5.41, 5.74) is 1.01. The van der Waals surface area contributed by atoms with E-state index in [9.17, 15) is 9.18 Å². The SMILES string of the molecule is O=C1Nc2c(F)cccc2NC2CCCCCC12. The first kappa shape index (κ1) is 11.5. The largest absolute Gasteiger partial charge is 0.380 e. The van der Waals surface area contributed by atoms with Crippen molar-refractivity contribution in [3.63, 3.8) is 0 Å². The summed E-state index contributed by atoms with van der Waals surface area (Å²) in [6, 6.07) is 5.01. The maximum absolute atomic E-state index is 13.7. The van der Waals surface area contributed by atoms with E-state index in [-0.39, 0.29) is 23.7 Å². The smallest absolute Gasteiger partial charge is 0.229 e. The topological polar surface area (TPSA) is 41.1 Å². The minimum Gasteiger partial charge on any atom is -0.380 e. The maximum atomic E-state index is 13.7. The lowest BCUT2D eigenvalue weighted by atomic mass is 9.94. The number of carbonyl (C=O) groups excluding carboxylic acids is 1. The van der Waals surface area contributed by atoms with Crippen LogP contribution >= 0.6 is 0 Å². The zero-order chi connectivity index (χ0) is 12.5. The fourth-order valence-corrected chi connectivity index (χ4v) is 2.98. The van der Waals surface area contributed by atoms with Crippen LogP contribution < -0.4 is 10.6 Å². The second-order valence-corrected chi connectivity index (χ2v) is 5.15. The average Bonchev–Trinajstić information content (AvgIpc) is 2.64. The minimum atomic E-state index is -0.371. The molecule has 1 amide bonds. The highest BCUT2D eigenvalue weighted by Gasteiger charge is 2.33. The van der Waals surface area contributed by atoms with Crippen molar-refractivity contribution in [2.24, 2.45) is 5.92 Å². The van der Waals surface area contributed by atoms with Crippen LogP contribution in [0.15, 0.2) is 18.2 Å². The molecule has 96 valence electrons. The number of benzene rings is 1.